The van der Waals surface area contributed by atoms with Crippen LogP contribution in [0.3, 0.4) is 0 Å². The quantitative estimate of drug-likeness (QED) is 0.540. The Morgan fingerprint density at radius 3 is 2.53 bits per heavy atom. The molecule has 1 aromatic carbocycles. The minimum Gasteiger partial charge on any atom is -0.398 e. The van der Waals surface area contributed by atoms with E-state index < -0.39 is 17.7 Å². The lowest BCUT2D eigenvalue weighted by molar-refractivity contribution is -0.126. The van der Waals surface area contributed by atoms with Gasteiger partial charge in [-0.3, -0.25) is 14.4 Å². The van der Waals surface area contributed by atoms with Crippen molar-refractivity contribution in [3.8, 4) is 0 Å². The fourth-order valence-corrected chi connectivity index (χ4v) is 1.77. The topological polar surface area (TPSA) is 106 Å². The van der Waals surface area contributed by atoms with Crippen molar-refractivity contribution in [2.24, 2.45) is 5.73 Å². The zero-order valence-corrected chi connectivity index (χ0v) is 8.97. The fourth-order valence-electron chi connectivity index (χ4n) is 1.77. The zero-order chi connectivity index (χ0) is 12.6. The van der Waals surface area contributed by atoms with Crippen LogP contribution in [-0.2, 0) is 4.79 Å². The molecule has 0 bridgehead atoms. The molecule has 0 saturated heterocycles. The average molecular weight is 233 g/mol. The molecule has 1 heterocycles. The highest BCUT2D eigenvalue weighted by atomic mass is 16.2. The number of nitrogens with two attached hydrogens (primary N) is 2. The number of benzene rings is 1. The number of rotatable bonds is 2. The van der Waals surface area contributed by atoms with Gasteiger partial charge in [0.2, 0.25) is 5.91 Å². The summed E-state index contributed by atoms with van der Waals surface area (Å²) in [6, 6.07) is 4.55. The molecule has 0 aromatic heterocycles. The lowest BCUT2D eigenvalue weighted by Crippen LogP contribution is -2.37. The highest BCUT2D eigenvalue weighted by Gasteiger charge is 2.40. The number of carbonyl (C=O) groups excluding carboxylic acids is 3. The van der Waals surface area contributed by atoms with Crippen LogP contribution >= 0.6 is 0 Å². The van der Waals surface area contributed by atoms with Crippen LogP contribution in [0, 0.1) is 0 Å². The number of carbonyl (C=O) groups is 3. The first-order valence-electron chi connectivity index (χ1n) is 5.08. The van der Waals surface area contributed by atoms with Gasteiger partial charge in [0.1, 0.15) is 0 Å². The molecule has 0 saturated carbocycles. The summed E-state index contributed by atoms with van der Waals surface area (Å²) in [4.78, 5) is 36.0. The molecular formula is C11H11N3O3. The van der Waals surface area contributed by atoms with Gasteiger partial charge >= 0.3 is 0 Å². The Morgan fingerprint density at radius 1 is 1.24 bits per heavy atom. The molecule has 0 fully saturated rings. The van der Waals surface area contributed by atoms with Crippen molar-refractivity contribution in [3.05, 3.63) is 29.3 Å². The summed E-state index contributed by atoms with van der Waals surface area (Å²) in [5, 5.41) is 0. The molecule has 6 heteroatoms. The predicted octanol–water partition coefficient (Wildman–Crippen LogP) is -0.260. The molecule has 6 nitrogen and oxygen atoms in total. The summed E-state index contributed by atoms with van der Waals surface area (Å²) >= 11 is 0. The van der Waals surface area contributed by atoms with Gasteiger partial charge in [0.25, 0.3) is 11.8 Å². The summed E-state index contributed by atoms with van der Waals surface area (Å²) in [7, 11) is 0. The lowest BCUT2D eigenvalue weighted by Gasteiger charge is -2.10. The molecule has 1 aliphatic rings. The molecule has 4 N–H and O–H groups in total. The van der Waals surface area contributed by atoms with E-state index >= 15 is 0 Å². The van der Waals surface area contributed by atoms with Crippen LogP contribution in [0.15, 0.2) is 18.2 Å². The largest absolute Gasteiger partial charge is 0.398 e. The first-order chi connectivity index (χ1) is 8.07. The Labute approximate surface area is 97.2 Å². The number of imide groups is 3. The van der Waals surface area contributed by atoms with Crippen LogP contribution in [0.5, 0.6) is 0 Å². The van der Waals surface area contributed by atoms with Gasteiger partial charge in [-0.05, 0) is 12.1 Å². The number of amides is 3. The number of nitrogen functional groups attached to an aromatic ring is 1. The smallest absolute Gasteiger partial charge is 0.270 e. The van der Waals surface area contributed by atoms with Gasteiger partial charge in [0.05, 0.1) is 11.1 Å². The van der Waals surface area contributed by atoms with E-state index in [1.165, 1.54) is 12.1 Å². The Bertz CT molecular complexity index is 525. The predicted molar refractivity (Wildman–Crippen MR) is 60.0 cm³/mol. The third-order valence-corrected chi connectivity index (χ3v) is 2.55. The molecule has 0 spiro atoms. The van der Waals surface area contributed by atoms with E-state index in [9.17, 15) is 14.4 Å². The van der Waals surface area contributed by atoms with Crippen LogP contribution in [0.4, 0.5) is 5.69 Å². The Kier molecular flexibility index (Phi) is 2.64. The Balaban J connectivity index is 2.46. The second-order valence-corrected chi connectivity index (χ2v) is 3.65. The normalized spacial score (nSPS) is 14.1. The first kappa shape index (κ1) is 11.3. The highest BCUT2D eigenvalue weighted by Crippen LogP contribution is 2.27. The van der Waals surface area contributed by atoms with Gasteiger partial charge in [-0.1, -0.05) is 6.07 Å². The molecule has 88 valence electrons. The third-order valence-electron chi connectivity index (χ3n) is 2.55. The lowest BCUT2D eigenvalue weighted by atomic mass is 10.1. The van der Waals surface area contributed by atoms with Crippen LogP contribution in [0.25, 0.3) is 0 Å². The maximum Gasteiger partial charge on any atom is 0.270 e. The maximum absolute atomic E-state index is 11.9. The molecule has 1 aromatic rings. The van der Waals surface area contributed by atoms with Crippen molar-refractivity contribution >= 4 is 23.4 Å². The van der Waals surface area contributed by atoms with Gasteiger partial charge in [-0.2, -0.15) is 0 Å². The summed E-state index contributed by atoms with van der Waals surface area (Å²) in [5.41, 5.74) is 11.3. The molecular weight excluding hydrogens is 222 g/mol. The minimum atomic E-state index is -0.665. The number of hydrogen-bond acceptors (Lipinski definition) is 5. The van der Waals surface area contributed by atoms with Crippen LogP contribution in [0.2, 0.25) is 0 Å². The van der Waals surface area contributed by atoms with Gasteiger partial charge in [0, 0.05) is 18.7 Å². The summed E-state index contributed by atoms with van der Waals surface area (Å²) in [6.07, 6.45) is -0.0502. The van der Waals surface area contributed by atoms with E-state index in [-0.39, 0.29) is 29.8 Å². The minimum absolute atomic E-state index is 0.0502. The highest BCUT2D eigenvalue weighted by molar-refractivity contribution is 6.30. The molecule has 3 amide bonds. The van der Waals surface area contributed by atoms with Crippen molar-refractivity contribution in [1.82, 2.24) is 4.90 Å². The summed E-state index contributed by atoms with van der Waals surface area (Å²) < 4.78 is 0. The van der Waals surface area contributed by atoms with Gasteiger partial charge in [0.15, 0.2) is 0 Å². The van der Waals surface area contributed by atoms with E-state index in [0.29, 0.717) is 4.90 Å². The number of anilines is 1. The van der Waals surface area contributed by atoms with Crippen molar-refractivity contribution in [1.29, 1.82) is 0 Å². The third kappa shape index (κ3) is 1.58. The zero-order valence-electron chi connectivity index (χ0n) is 8.97. The molecule has 2 rings (SSSR count). The number of fused-ring (bicyclic) bond motifs is 1. The molecule has 0 unspecified atom stereocenters. The summed E-state index contributed by atoms with van der Waals surface area (Å²) in [5.74, 6) is -1.89. The van der Waals surface area contributed by atoms with Crippen LogP contribution in [-0.4, -0.2) is 29.2 Å². The second kappa shape index (κ2) is 3.99. The summed E-state index contributed by atoms with van der Waals surface area (Å²) in [6.45, 7) is 0.0850. The Hall–Kier alpha value is -2.21. The van der Waals surface area contributed by atoms with Crippen molar-refractivity contribution in [3.63, 3.8) is 0 Å². The standard InChI is InChI=1S/C11H11N3O3/c12-5-4-8(15)14-10(16)6-2-1-3-7(13)9(6)11(14)17/h1-3H,4-5,12-13H2. The van der Waals surface area contributed by atoms with Crippen LogP contribution in [0.1, 0.15) is 27.1 Å². The second-order valence-electron chi connectivity index (χ2n) is 3.65. The molecule has 17 heavy (non-hydrogen) atoms. The molecule has 0 radical (unpaired) electrons. The number of nitrogens with zero attached hydrogens (tertiary/aromatic N) is 1. The maximum atomic E-state index is 11.9. The van der Waals surface area contributed by atoms with Crippen molar-refractivity contribution in [2.75, 3.05) is 12.3 Å². The van der Waals surface area contributed by atoms with Gasteiger partial charge < -0.3 is 11.5 Å². The molecule has 0 atom stereocenters. The van der Waals surface area contributed by atoms with E-state index in [2.05, 4.69) is 0 Å². The first-order valence-corrected chi connectivity index (χ1v) is 5.08. The fraction of sp³-hybridized carbons (Fsp3) is 0.182. The average Bonchev–Trinajstić information content (AvgIpc) is 2.53. The Morgan fingerprint density at radius 2 is 1.94 bits per heavy atom. The molecule has 1 aliphatic heterocycles. The van der Waals surface area contributed by atoms with Gasteiger partial charge in [-0.25, -0.2) is 4.90 Å². The monoisotopic (exact) mass is 233 g/mol. The van der Waals surface area contributed by atoms with E-state index in [0.717, 1.165) is 0 Å². The number of hydrogen-bond donors (Lipinski definition) is 2. The van der Waals surface area contributed by atoms with Crippen LogP contribution < -0.4 is 11.5 Å². The van der Waals surface area contributed by atoms with Crippen molar-refractivity contribution in [2.45, 2.75) is 6.42 Å². The van der Waals surface area contributed by atoms with Gasteiger partial charge in [-0.15, -0.1) is 0 Å². The molecule has 0 aliphatic carbocycles. The van der Waals surface area contributed by atoms with Crippen molar-refractivity contribution < 1.29 is 14.4 Å². The van der Waals surface area contributed by atoms with E-state index in [4.69, 9.17) is 11.5 Å². The van der Waals surface area contributed by atoms with E-state index in [1.807, 2.05) is 0 Å². The van der Waals surface area contributed by atoms with E-state index in [1.54, 1.807) is 6.07 Å². The SMILES string of the molecule is NCCC(=O)N1C(=O)c2cccc(N)c2C1=O.